The third-order valence-corrected chi connectivity index (χ3v) is 3.26. The molecule has 1 aromatic heterocycles. The van der Waals surface area contributed by atoms with E-state index in [0.717, 1.165) is 29.8 Å². The lowest BCUT2D eigenvalue weighted by molar-refractivity contribution is 0.0975. The van der Waals surface area contributed by atoms with Crippen molar-refractivity contribution in [3.63, 3.8) is 0 Å². The topological polar surface area (TPSA) is 87.9 Å². The molecule has 1 aliphatic heterocycles. The number of aromatic amines is 1. The molecule has 0 spiro atoms. The van der Waals surface area contributed by atoms with E-state index in [0.29, 0.717) is 12.4 Å². The molecule has 1 aliphatic rings. The van der Waals surface area contributed by atoms with Crippen molar-refractivity contribution >= 4 is 17.3 Å². The van der Waals surface area contributed by atoms with Crippen LogP contribution in [0.1, 0.15) is 28.4 Å². The summed E-state index contributed by atoms with van der Waals surface area (Å²) in [6.45, 7) is 2.46. The number of carbonyl (C=O) groups excluding carboxylic acids is 1. The normalized spacial score (nSPS) is 14.3. The Balaban J connectivity index is 1.97. The van der Waals surface area contributed by atoms with Crippen LogP contribution in [0.4, 0.5) is 11.4 Å². The van der Waals surface area contributed by atoms with Crippen molar-refractivity contribution in [3.05, 3.63) is 35.4 Å². The second kappa shape index (κ2) is 4.38. The van der Waals surface area contributed by atoms with Gasteiger partial charge in [-0.05, 0) is 43.5 Å². The fraction of sp³-hybridized carbons (Fsp3) is 0.308. The van der Waals surface area contributed by atoms with E-state index in [9.17, 15) is 4.79 Å². The molecule has 6 nitrogen and oxygen atoms in total. The molecule has 0 bridgehead atoms. The second-order valence-corrected chi connectivity index (χ2v) is 4.69. The van der Waals surface area contributed by atoms with Gasteiger partial charge in [-0.3, -0.25) is 9.89 Å². The first kappa shape index (κ1) is 11.7. The zero-order valence-electron chi connectivity index (χ0n) is 10.7. The average Bonchev–Trinajstić information content (AvgIpc) is 2.83. The number of benzene rings is 1. The first-order valence-corrected chi connectivity index (χ1v) is 6.24. The summed E-state index contributed by atoms with van der Waals surface area (Å²) in [4.78, 5) is 18.2. The third kappa shape index (κ3) is 2.05. The standard InChI is InChI=1S/C13H15N5O/c1-8-15-12(17-16-8)13(19)18-6-2-3-9-7-10(14)4-5-11(9)18/h4-5,7H,2-3,6,14H2,1H3,(H,15,16,17). The van der Waals surface area contributed by atoms with Gasteiger partial charge >= 0.3 is 0 Å². The van der Waals surface area contributed by atoms with Crippen molar-refractivity contribution in [1.82, 2.24) is 15.2 Å². The van der Waals surface area contributed by atoms with Crippen LogP contribution in [0.3, 0.4) is 0 Å². The first-order valence-electron chi connectivity index (χ1n) is 6.24. The highest BCUT2D eigenvalue weighted by atomic mass is 16.2. The van der Waals surface area contributed by atoms with E-state index in [1.165, 1.54) is 0 Å². The lowest BCUT2D eigenvalue weighted by Gasteiger charge is -2.28. The van der Waals surface area contributed by atoms with Gasteiger partial charge in [0.2, 0.25) is 5.82 Å². The van der Waals surface area contributed by atoms with Crippen LogP contribution in [0.2, 0.25) is 0 Å². The Hall–Kier alpha value is -2.37. The number of nitrogens with two attached hydrogens (primary N) is 1. The Morgan fingerprint density at radius 3 is 3.05 bits per heavy atom. The van der Waals surface area contributed by atoms with E-state index >= 15 is 0 Å². The van der Waals surface area contributed by atoms with E-state index in [-0.39, 0.29) is 11.7 Å². The highest BCUT2D eigenvalue weighted by Crippen LogP contribution is 2.29. The summed E-state index contributed by atoms with van der Waals surface area (Å²) in [5.74, 6) is 0.676. The van der Waals surface area contributed by atoms with Gasteiger partial charge in [-0.15, -0.1) is 5.10 Å². The molecule has 2 aromatic rings. The van der Waals surface area contributed by atoms with Crippen LogP contribution < -0.4 is 10.6 Å². The van der Waals surface area contributed by atoms with Crippen LogP contribution in [0.25, 0.3) is 0 Å². The molecule has 0 saturated carbocycles. The maximum atomic E-state index is 12.4. The number of nitrogens with zero attached hydrogens (tertiary/aromatic N) is 3. The van der Waals surface area contributed by atoms with Crippen LogP contribution in [0, 0.1) is 6.92 Å². The van der Waals surface area contributed by atoms with E-state index < -0.39 is 0 Å². The molecule has 0 radical (unpaired) electrons. The Morgan fingerprint density at radius 2 is 2.32 bits per heavy atom. The largest absolute Gasteiger partial charge is 0.399 e. The summed E-state index contributed by atoms with van der Waals surface area (Å²) in [5.41, 5.74) is 8.52. The number of hydrogen-bond acceptors (Lipinski definition) is 4. The van der Waals surface area contributed by atoms with Crippen LogP contribution in [0.15, 0.2) is 18.2 Å². The fourth-order valence-corrected chi connectivity index (χ4v) is 2.39. The predicted octanol–water partition coefficient (Wildman–Crippen LogP) is 1.29. The number of aromatic nitrogens is 3. The van der Waals surface area contributed by atoms with E-state index in [4.69, 9.17) is 5.73 Å². The van der Waals surface area contributed by atoms with Gasteiger partial charge < -0.3 is 10.6 Å². The number of H-pyrrole nitrogens is 1. The summed E-state index contributed by atoms with van der Waals surface area (Å²) in [7, 11) is 0. The summed E-state index contributed by atoms with van der Waals surface area (Å²) >= 11 is 0. The number of anilines is 2. The number of amides is 1. The van der Waals surface area contributed by atoms with Crippen molar-refractivity contribution in [1.29, 1.82) is 0 Å². The van der Waals surface area contributed by atoms with Gasteiger partial charge in [-0.1, -0.05) is 0 Å². The van der Waals surface area contributed by atoms with E-state index in [1.807, 2.05) is 18.2 Å². The van der Waals surface area contributed by atoms with Crippen molar-refractivity contribution in [2.45, 2.75) is 19.8 Å². The Kier molecular flexibility index (Phi) is 2.70. The van der Waals surface area contributed by atoms with Crippen LogP contribution in [-0.4, -0.2) is 27.6 Å². The van der Waals surface area contributed by atoms with Crippen molar-refractivity contribution in [3.8, 4) is 0 Å². The highest BCUT2D eigenvalue weighted by molar-refractivity contribution is 6.04. The van der Waals surface area contributed by atoms with Crippen molar-refractivity contribution < 1.29 is 4.79 Å². The summed E-state index contributed by atoms with van der Waals surface area (Å²) < 4.78 is 0. The van der Waals surface area contributed by atoms with Crippen LogP contribution in [-0.2, 0) is 6.42 Å². The van der Waals surface area contributed by atoms with Gasteiger partial charge in [0.15, 0.2) is 0 Å². The molecule has 19 heavy (non-hydrogen) atoms. The minimum Gasteiger partial charge on any atom is -0.399 e. The van der Waals surface area contributed by atoms with Crippen LogP contribution in [0.5, 0.6) is 0 Å². The fourth-order valence-electron chi connectivity index (χ4n) is 2.39. The number of fused-ring (bicyclic) bond motifs is 1. The molecule has 3 N–H and O–H groups in total. The zero-order chi connectivity index (χ0) is 13.4. The Labute approximate surface area is 110 Å². The first-order chi connectivity index (χ1) is 9.15. The molecule has 2 heterocycles. The van der Waals surface area contributed by atoms with Gasteiger partial charge in [0.1, 0.15) is 5.82 Å². The predicted molar refractivity (Wildman–Crippen MR) is 72.0 cm³/mol. The Bertz CT molecular complexity index is 634. The van der Waals surface area contributed by atoms with Crippen LogP contribution >= 0.6 is 0 Å². The number of carbonyl (C=O) groups is 1. The lowest BCUT2D eigenvalue weighted by Crippen LogP contribution is -2.36. The molecular weight excluding hydrogens is 242 g/mol. The lowest BCUT2D eigenvalue weighted by atomic mass is 10.0. The minimum absolute atomic E-state index is 0.171. The smallest absolute Gasteiger partial charge is 0.297 e. The quantitative estimate of drug-likeness (QED) is 0.753. The van der Waals surface area contributed by atoms with Gasteiger partial charge in [0, 0.05) is 17.9 Å². The van der Waals surface area contributed by atoms with Gasteiger partial charge in [-0.2, -0.15) is 0 Å². The SMILES string of the molecule is Cc1nc(C(=O)N2CCCc3cc(N)ccc32)n[nH]1. The number of aryl methyl sites for hydroxylation is 2. The highest BCUT2D eigenvalue weighted by Gasteiger charge is 2.26. The summed E-state index contributed by atoms with van der Waals surface area (Å²) in [6.07, 6.45) is 1.86. The zero-order valence-corrected chi connectivity index (χ0v) is 10.7. The third-order valence-electron chi connectivity index (χ3n) is 3.26. The monoisotopic (exact) mass is 257 g/mol. The minimum atomic E-state index is -0.171. The van der Waals surface area contributed by atoms with Gasteiger partial charge in [0.25, 0.3) is 5.91 Å². The second-order valence-electron chi connectivity index (χ2n) is 4.69. The van der Waals surface area contributed by atoms with Gasteiger partial charge in [0.05, 0.1) is 0 Å². The summed E-state index contributed by atoms with van der Waals surface area (Å²) in [5, 5.41) is 6.62. The molecule has 0 atom stereocenters. The number of nitrogen functional groups attached to an aromatic ring is 1. The van der Waals surface area contributed by atoms with E-state index in [2.05, 4.69) is 15.2 Å². The molecule has 0 saturated heterocycles. The Morgan fingerprint density at radius 1 is 1.47 bits per heavy atom. The molecule has 3 rings (SSSR count). The molecule has 1 amide bonds. The van der Waals surface area contributed by atoms with Crippen molar-refractivity contribution in [2.75, 3.05) is 17.2 Å². The maximum absolute atomic E-state index is 12.4. The van der Waals surface area contributed by atoms with E-state index in [1.54, 1.807) is 11.8 Å². The molecule has 0 unspecified atom stereocenters. The number of nitrogens with one attached hydrogen (secondary N) is 1. The number of hydrogen-bond donors (Lipinski definition) is 2. The van der Waals surface area contributed by atoms with Gasteiger partial charge in [-0.25, -0.2) is 4.98 Å². The maximum Gasteiger partial charge on any atom is 0.297 e. The molecular formula is C13H15N5O. The molecule has 6 heteroatoms. The molecule has 98 valence electrons. The molecule has 0 fully saturated rings. The molecule has 1 aromatic carbocycles. The average molecular weight is 257 g/mol. The number of rotatable bonds is 1. The van der Waals surface area contributed by atoms with Crippen molar-refractivity contribution in [2.24, 2.45) is 0 Å². The summed E-state index contributed by atoms with van der Waals surface area (Å²) in [6, 6.07) is 5.63. The molecule has 0 aliphatic carbocycles.